The molecule has 0 aromatic carbocycles. The molecule has 6 heteroatoms. The number of hydrogen-bond donors (Lipinski definition) is 2. The van der Waals surface area contributed by atoms with Gasteiger partial charge in [-0.3, -0.25) is 9.98 Å². The van der Waals surface area contributed by atoms with Gasteiger partial charge in [0.25, 0.3) is 0 Å². The van der Waals surface area contributed by atoms with E-state index in [1.807, 2.05) is 0 Å². The predicted molar refractivity (Wildman–Crippen MR) is 64.3 cm³/mol. The summed E-state index contributed by atoms with van der Waals surface area (Å²) >= 11 is 0. The minimum atomic E-state index is -0.327. The Morgan fingerprint density at radius 3 is 3.00 bits per heavy atom. The zero-order valence-electron chi connectivity index (χ0n) is 10.0. The van der Waals surface area contributed by atoms with Crippen LogP contribution in [0.1, 0.15) is 5.69 Å². The molecule has 1 heterocycles. The Kier molecular flexibility index (Phi) is 5.95. The third-order valence-electron chi connectivity index (χ3n) is 2.08. The summed E-state index contributed by atoms with van der Waals surface area (Å²) in [5.41, 5.74) is 0.363. The van der Waals surface area contributed by atoms with Gasteiger partial charge in [-0.2, -0.15) is 0 Å². The lowest BCUT2D eigenvalue weighted by atomic mass is 10.3. The Labute approximate surface area is 100 Å². The van der Waals surface area contributed by atoms with E-state index in [1.165, 1.54) is 6.07 Å². The number of ether oxygens (including phenoxy) is 1. The first kappa shape index (κ1) is 13.4. The predicted octanol–water partition coefficient (Wildman–Crippen LogP) is 0.532. The second-order valence-corrected chi connectivity index (χ2v) is 3.28. The number of aliphatic imine (C=N–C) groups is 1. The van der Waals surface area contributed by atoms with Crippen LogP contribution in [0, 0.1) is 5.82 Å². The van der Waals surface area contributed by atoms with Gasteiger partial charge < -0.3 is 15.4 Å². The molecule has 0 saturated heterocycles. The van der Waals surface area contributed by atoms with Crippen molar-refractivity contribution in [1.82, 2.24) is 15.6 Å². The highest BCUT2D eigenvalue weighted by Gasteiger charge is 2.03. The molecule has 94 valence electrons. The number of rotatable bonds is 5. The van der Waals surface area contributed by atoms with Gasteiger partial charge in [0, 0.05) is 26.9 Å². The number of nitrogens with zero attached hydrogens (tertiary/aromatic N) is 2. The summed E-state index contributed by atoms with van der Waals surface area (Å²) in [6.07, 6.45) is 1.56. The van der Waals surface area contributed by atoms with E-state index in [1.54, 1.807) is 26.4 Å². The fourth-order valence-corrected chi connectivity index (χ4v) is 1.21. The van der Waals surface area contributed by atoms with Gasteiger partial charge in [-0.15, -0.1) is 0 Å². The van der Waals surface area contributed by atoms with Crippen LogP contribution >= 0.6 is 0 Å². The maximum absolute atomic E-state index is 13.3. The fraction of sp³-hybridized carbons (Fsp3) is 0.455. The van der Waals surface area contributed by atoms with E-state index in [0.29, 0.717) is 31.3 Å². The molecule has 5 nitrogen and oxygen atoms in total. The van der Waals surface area contributed by atoms with Gasteiger partial charge in [-0.1, -0.05) is 0 Å². The number of hydrogen-bond acceptors (Lipinski definition) is 3. The molecule has 0 aliphatic rings. The normalized spacial score (nSPS) is 11.4. The van der Waals surface area contributed by atoms with Crippen molar-refractivity contribution in [2.75, 3.05) is 27.3 Å². The highest BCUT2D eigenvalue weighted by Crippen LogP contribution is 2.01. The highest BCUT2D eigenvalue weighted by atomic mass is 19.1. The van der Waals surface area contributed by atoms with Crippen molar-refractivity contribution in [3.05, 3.63) is 29.8 Å². The molecule has 2 N–H and O–H groups in total. The molecule has 0 radical (unpaired) electrons. The molecule has 0 fully saturated rings. The first-order valence-corrected chi connectivity index (χ1v) is 5.30. The SMILES string of the molecule is CN=C(NCCOC)NCc1ncccc1F. The molecule has 0 unspecified atom stereocenters. The van der Waals surface area contributed by atoms with E-state index in [2.05, 4.69) is 20.6 Å². The summed E-state index contributed by atoms with van der Waals surface area (Å²) < 4.78 is 18.2. The van der Waals surface area contributed by atoms with E-state index in [0.717, 1.165) is 0 Å². The van der Waals surface area contributed by atoms with Crippen molar-refractivity contribution in [1.29, 1.82) is 0 Å². The Morgan fingerprint density at radius 2 is 2.35 bits per heavy atom. The first-order valence-electron chi connectivity index (χ1n) is 5.30. The summed E-state index contributed by atoms with van der Waals surface area (Å²) in [5, 5.41) is 5.99. The van der Waals surface area contributed by atoms with Crippen molar-refractivity contribution in [2.45, 2.75) is 6.54 Å². The highest BCUT2D eigenvalue weighted by molar-refractivity contribution is 5.79. The Hall–Kier alpha value is -1.69. The Morgan fingerprint density at radius 1 is 1.53 bits per heavy atom. The third-order valence-corrected chi connectivity index (χ3v) is 2.08. The maximum atomic E-state index is 13.3. The number of guanidine groups is 1. The van der Waals surface area contributed by atoms with Gasteiger partial charge in [-0.25, -0.2) is 4.39 Å². The van der Waals surface area contributed by atoms with Crippen LogP contribution in [0.5, 0.6) is 0 Å². The smallest absolute Gasteiger partial charge is 0.191 e. The van der Waals surface area contributed by atoms with Crippen LogP contribution < -0.4 is 10.6 Å². The lowest BCUT2D eigenvalue weighted by Crippen LogP contribution is -2.38. The fourth-order valence-electron chi connectivity index (χ4n) is 1.21. The summed E-state index contributed by atoms with van der Waals surface area (Å²) in [6, 6.07) is 2.94. The lowest BCUT2D eigenvalue weighted by molar-refractivity contribution is 0.203. The molecular weight excluding hydrogens is 223 g/mol. The standard InChI is InChI=1S/C11H17FN4O/c1-13-11(15-6-7-17-2)16-8-10-9(12)4-3-5-14-10/h3-5H,6-8H2,1-2H3,(H2,13,15,16). The number of pyridine rings is 1. The molecule has 0 amide bonds. The molecule has 17 heavy (non-hydrogen) atoms. The van der Waals surface area contributed by atoms with Crippen molar-refractivity contribution in [3.63, 3.8) is 0 Å². The number of methoxy groups -OCH3 is 1. The van der Waals surface area contributed by atoms with E-state index < -0.39 is 0 Å². The summed E-state index contributed by atoms with van der Waals surface area (Å²) in [4.78, 5) is 7.93. The largest absolute Gasteiger partial charge is 0.383 e. The molecule has 1 rings (SSSR count). The average molecular weight is 240 g/mol. The van der Waals surface area contributed by atoms with Crippen LogP contribution in [0.4, 0.5) is 4.39 Å². The molecule has 0 aliphatic carbocycles. The number of nitrogens with one attached hydrogen (secondary N) is 2. The van der Waals surface area contributed by atoms with Crippen molar-refractivity contribution in [2.24, 2.45) is 4.99 Å². The molecule has 1 aromatic rings. The molecule has 0 saturated carbocycles. The van der Waals surface area contributed by atoms with E-state index in [9.17, 15) is 4.39 Å². The minimum absolute atomic E-state index is 0.291. The van der Waals surface area contributed by atoms with Gasteiger partial charge in [0.2, 0.25) is 0 Å². The zero-order valence-corrected chi connectivity index (χ0v) is 10.0. The van der Waals surface area contributed by atoms with Crippen LogP contribution in [0.3, 0.4) is 0 Å². The third kappa shape index (κ3) is 4.78. The Bertz CT molecular complexity index is 370. The first-order chi connectivity index (χ1) is 8.27. The average Bonchev–Trinajstić information content (AvgIpc) is 2.35. The van der Waals surface area contributed by atoms with E-state index in [4.69, 9.17) is 4.74 Å². The van der Waals surface area contributed by atoms with Gasteiger partial charge in [-0.05, 0) is 12.1 Å². The second-order valence-electron chi connectivity index (χ2n) is 3.28. The number of halogens is 1. The Balaban J connectivity index is 2.40. The van der Waals surface area contributed by atoms with Crippen molar-refractivity contribution in [3.8, 4) is 0 Å². The van der Waals surface area contributed by atoms with Gasteiger partial charge in [0.1, 0.15) is 5.82 Å². The maximum Gasteiger partial charge on any atom is 0.191 e. The van der Waals surface area contributed by atoms with Crippen molar-refractivity contribution >= 4 is 5.96 Å². The van der Waals surface area contributed by atoms with Crippen LogP contribution in [0.15, 0.2) is 23.3 Å². The van der Waals surface area contributed by atoms with Gasteiger partial charge in [0.15, 0.2) is 5.96 Å². The minimum Gasteiger partial charge on any atom is -0.383 e. The van der Waals surface area contributed by atoms with Crippen LogP contribution in [0.2, 0.25) is 0 Å². The van der Waals surface area contributed by atoms with E-state index >= 15 is 0 Å². The second kappa shape index (κ2) is 7.56. The monoisotopic (exact) mass is 240 g/mol. The molecule has 0 bridgehead atoms. The molecule has 0 aliphatic heterocycles. The van der Waals surface area contributed by atoms with Crippen molar-refractivity contribution < 1.29 is 9.13 Å². The summed E-state index contributed by atoms with van der Waals surface area (Å²) in [6.45, 7) is 1.51. The topological polar surface area (TPSA) is 58.5 Å². The molecule has 1 aromatic heterocycles. The molecular formula is C11H17FN4O. The quantitative estimate of drug-likeness (QED) is 0.448. The van der Waals surface area contributed by atoms with Crippen LogP contribution in [-0.4, -0.2) is 38.3 Å². The lowest BCUT2D eigenvalue weighted by Gasteiger charge is -2.11. The van der Waals surface area contributed by atoms with Gasteiger partial charge in [0.05, 0.1) is 18.8 Å². The summed E-state index contributed by atoms with van der Waals surface area (Å²) in [7, 11) is 3.28. The zero-order chi connectivity index (χ0) is 12.5. The molecule has 0 atom stereocenters. The summed E-state index contributed by atoms with van der Waals surface area (Å²) in [5.74, 6) is 0.263. The molecule has 0 spiro atoms. The van der Waals surface area contributed by atoms with Gasteiger partial charge >= 0.3 is 0 Å². The van der Waals surface area contributed by atoms with Crippen LogP contribution in [0.25, 0.3) is 0 Å². The van der Waals surface area contributed by atoms with E-state index in [-0.39, 0.29) is 5.82 Å². The number of aromatic nitrogens is 1. The van der Waals surface area contributed by atoms with Crippen LogP contribution in [-0.2, 0) is 11.3 Å².